The molecule has 2 aromatic rings. The lowest BCUT2D eigenvalue weighted by Gasteiger charge is -2.09. The van der Waals surface area contributed by atoms with Gasteiger partial charge in [-0.15, -0.1) is 0 Å². The van der Waals surface area contributed by atoms with Crippen molar-refractivity contribution in [2.24, 2.45) is 5.11 Å². The molecule has 0 fully saturated rings. The summed E-state index contributed by atoms with van der Waals surface area (Å²) in [7, 11) is 0. The van der Waals surface area contributed by atoms with Crippen molar-refractivity contribution in [3.63, 3.8) is 0 Å². The molecule has 0 aliphatic heterocycles. The van der Waals surface area contributed by atoms with E-state index in [2.05, 4.69) is 10.0 Å². The Labute approximate surface area is 103 Å². The molecule has 0 amide bonds. The number of halogens is 1. The van der Waals surface area contributed by atoms with E-state index in [4.69, 9.17) is 21.9 Å². The first-order valence-corrected chi connectivity index (χ1v) is 5.51. The van der Waals surface area contributed by atoms with Crippen LogP contribution in [0.2, 0.25) is 5.02 Å². The first-order chi connectivity index (χ1) is 8.33. The highest BCUT2D eigenvalue weighted by molar-refractivity contribution is 6.35. The fraction of sp³-hybridized carbons (Fsp3) is 0.167. The van der Waals surface area contributed by atoms with Gasteiger partial charge in [-0.3, -0.25) is 0 Å². The van der Waals surface area contributed by atoms with Crippen LogP contribution in [0.25, 0.3) is 21.2 Å². The first kappa shape index (κ1) is 11.6. The van der Waals surface area contributed by atoms with E-state index in [-0.39, 0.29) is 0 Å². The van der Waals surface area contributed by atoms with E-state index < -0.39 is 0 Å². The van der Waals surface area contributed by atoms with Crippen molar-refractivity contribution in [1.82, 2.24) is 0 Å². The van der Waals surface area contributed by atoms with Crippen molar-refractivity contribution in [3.05, 3.63) is 51.9 Å². The molecule has 0 atom stereocenters. The second kappa shape index (κ2) is 5.43. The van der Waals surface area contributed by atoms with E-state index in [0.29, 0.717) is 18.2 Å². The smallest absolute Gasteiger partial charge is 0.127 e. The van der Waals surface area contributed by atoms with Gasteiger partial charge in [0.05, 0.1) is 13.2 Å². The minimum Gasteiger partial charge on any atom is -0.493 e. The van der Waals surface area contributed by atoms with Gasteiger partial charge < -0.3 is 4.74 Å². The van der Waals surface area contributed by atoms with Crippen LogP contribution in [0.3, 0.4) is 0 Å². The largest absolute Gasteiger partial charge is 0.493 e. The average molecular weight is 248 g/mol. The molecule has 17 heavy (non-hydrogen) atoms. The lowest BCUT2D eigenvalue weighted by atomic mass is 10.1. The molecule has 0 aromatic heterocycles. The van der Waals surface area contributed by atoms with Gasteiger partial charge in [0.2, 0.25) is 0 Å². The van der Waals surface area contributed by atoms with Crippen molar-refractivity contribution in [3.8, 4) is 5.75 Å². The summed E-state index contributed by atoms with van der Waals surface area (Å²) in [5.74, 6) is 0.748. The lowest BCUT2D eigenvalue weighted by Crippen LogP contribution is -2.00. The van der Waals surface area contributed by atoms with Crippen molar-refractivity contribution in [1.29, 1.82) is 0 Å². The quantitative estimate of drug-likeness (QED) is 0.346. The van der Waals surface area contributed by atoms with Crippen LogP contribution in [0.15, 0.2) is 41.5 Å². The number of hydrogen-bond donors (Lipinski definition) is 0. The number of hydrogen-bond acceptors (Lipinski definition) is 2. The molecule has 2 rings (SSSR count). The van der Waals surface area contributed by atoms with E-state index in [9.17, 15) is 0 Å². The average Bonchev–Trinajstić information content (AvgIpc) is 2.37. The van der Waals surface area contributed by atoms with Gasteiger partial charge in [0.15, 0.2) is 0 Å². The monoisotopic (exact) mass is 247 g/mol. The van der Waals surface area contributed by atoms with E-state index in [0.717, 1.165) is 16.5 Å². The maximum atomic E-state index is 8.16. The number of rotatable bonds is 4. The Kier molecular flexibility index (Phi) is 3.70. The number of benzene rings is 2. The molecular formula is C12H10ClN3O. The normalized spacial score (nSPS) is 9.94. The van der Waals surface area contributed by atoms with Gasteiger partial charge in [0, 0.05) is 20.7 Å². The molecule has 0 bridgehead atoms. The second-order valence-corrected chi connectivity index (χ2v) is 3.80. The lowest BCUT2D eigenvalue weighted by molar-refractivity contribution is 0.332. The van der Waals surface area contributed by atoms with Crippen LogP contribution in [-0.2, 0) is 0 Å². The third kappa shape index (κ3) is 2.61. The number of ether oxygens (including phenoxy) is 1. The molecule has 0 saturated heterocycles. The minimum atomic E-state index is 0.313. The zero-order valence-electron chi connectivity index (χ0n) is 9.01. The van der Waals surface area contributed by atoms with Crippen LogP contribution >= 0.6 is 11.6 Å². The highest BCUT2D eigenvalue weighted by Gasteiger charge is 2.04. The number of nitrogens with zero attached hydrogens (tertiary/aromatic N) is 3. The van der Waals surface area contributed by atoms with Crippen molar-refractivity contribution in [2.45, 2.75) is 0 Å². The maximum Gasteiger partial charge on any atom is 0.127 e. The summed E-state index contributed by atoms with van der Waals surface area (Å²) in [6.45, 7) is 0.670. The fourth-order valence-electron chi connectivity index (χ4n) is 1.60. The van der Waals surface area contributed by atoms with E-state index in [1.807, 2.05) is 30.3 Å². The van der Waals surface area contributed by atoms with E-state index in [1.165, 1.54) is 0 Å². The van der Waals surface area contributed by atoms with Gasteiger partial charge in [0.1, 0.15) is 5.75 Å². The van der Waals surface area contributed by atoms with Gasteiger partial charge in [-0.2, -0.15) is 0 Å². The second-order valence-electron chi connectivity index (χ2n) is 3.39. The molecule has 0 aliphatic carbocycles. The molecule has 2 aromatic carbocycles. The molecule has 86 valence electrons. The van der Waals surface area contributed by atoms with Gasteiger partial charge in [-0.1, -0.05) is 41.0 Å². The molecule has 0 radical (unpaired) electrons. The zero-order valence-corrected chi connectivity index (χ0v) is 9.76. The predicted octanol–water partition coefficient (Wildman–Crippen LogP) is 4.18. The molecule has 0 heterocycles. The molecule has 0 saturated carbocycles. The summed E-state index contributed by atoms with van der Waals surface area (Å²) in [6, 6.07) is 11.4. The van der Waals surface area contributed by atoms with Gasteiger partial charge in [-0.25, -0.2) is 0 Å². The Hall–Kier alpha value is -1.90. The van der Waals surface area contributed by atoms with Crippen LogP contribution in [-0.4, -0.2) is 13.2 Å². The first-order valence-electron chi connectivity index (χ1n) is 5.14. The number of fused-ring (bicyclic) bond motifs is 1. The van der Waals surface area contributed by atoms with Crippen LogP contribution in [0, 0.1) is 0 Å². The van der Waals surface area contributed by atoms with E-state index >= 15 is 0 Å². The Morgan fingerprint density at radius 1 is 1.18 bits per heavy atom. The summed E-state index contributed by atoms with van der Waals surface area (Å²) >= 11 is 6.09. The topological polar surface area (TPSA) is 58.0 Å². The summed E-state index contributed by atoms with van der Waals surface area (Å²) in [4.78, 5) is 2.67. The fourth-order valence-corrected chi connectivity index (χ4v) is 1.83. The van der Waals surface area contributed by atoms with Crippen LogP contribution in [0.1, 0.15) is 0 Å². The maximum absolute atomic E-state index is 8.16. The molecule has 0 N–H and O–H groups in total. The van der Waals surface area contributed by atoms with Crippen LogP contribution in [0.4, 0.5) is 0 Å². The third-order valence-corrected chi connectivity index (χ3v) is 2.67. The van der Waals surface area contributed by atoms with Crippen molar-refractivity contribution >= 4 is 22.4 Å². The van der Waals surface area contributed by atoms with Crippen LogP contribution < -0.4 is 4.74 Å². The summed E-state index contributed by atoms with van der Waals surface area (Å²) in [5.41, 5.74) is 8.16. The summed E-state index contributed by atoms with van der Waals surface area (Å²) in [5, 5.41) is 6.02. The standard InChI is InChI=1S/C12H10ClN3O/c13-11-5-6-12(17-8-7-15-16-14)10-4-2-1-3-9(10)11/h1-6H,7-8H2. The van der Waals surface area contributed by atoms with Gasteiger partial charge >= 0.3 is 0 Å². The summed E-state index contributed by atoms with van der Waals surface area (Å²) < 4.78 is 5.55. The minimum absolute atomic E-state index is 0.313. The molecule has 0 unspecified atom stereocenters. The van der Waals surface area contributed by atoms with Gasteiger partial charge in [0.25, 0.3) is 0 Å². The Bertz CT molecular complexity index is 579. The molecule has 4 nitrogen and oxygen atoms in total. The number of azide groups is 1. The SMILES string of the molecule is [N-]=[N+]=NCCOc1ccc(Cl)c2ccccc12. The highest BCUT2D eigenvalue weighted by atomic mass is 35.5. The predicted molar refractivity (Wildman–Crippen MR) is 68.5 cm³/mol. The van der Waals surface area contributed by atoms with Crippen LogP contribution in [0.5, 0.6) is 5.75 Å². The molecule has 5 heteroatoms. The highest BCUT2D eigenvalue weighted by Crippen LogP contribution is 2.31. The Morgan fingerprint density at radius 3 is 2.71 bits per heavy atom. The van der Waals surface area contributed by atoms with Gasteiger partial charge in [-0.05, 0) is 17.7 Å². The Morgan fingerprint density at radius 2 is 1.94 bits per heavy atom. The molecular weight excluding hydrogens is 238 g/mol. The third-order valence-electron chi connectivity index (χ3n) is 2.34. The molecule has 0 spiro atoms. The Balaban J connectivity index is 2.28. The summed E-state index contributed by atoms with van der Waals surface area (Å²) in [6.07, 6.45) is 0. The van der Waals surface area contributed by atoms with Crippen molar-refractivity contribution in [2.75, 3.05) is 13.2 Å². The zero-order chi connectivity index (χ0) is 12.1. The van der Waals surface area contributed by atoms with Crippen molar-refractivity contribution < 1.29 is 4.74 Å². The van der Waals surface area contributed by atoms with E-state index in [1.54, 1.807) is 6.07 Å². The molecule has 0 aliphatic rings.